The lowest BCUT2D eigenvalue weighted by Crippen LogP contribution is -2.43. The highest BCUT2D eigenvalue weighted by Gasteiger charge is 2.36. The number of hydrogen-bond acceptors (Lipinski definition) is 2. The average Bonchev–Trinajstić information content (AvgIpc) is 2.89. The SMILES string of the molecule is CC1C(Cc2ccccc2)CCN1C(=O)C1CCNCC1.Cl. The van der Waals surface area contributed by atoms with Crippen LogP contribution in [0.4, 0.5) is 0 Å². The van der Waals surface area contributed by atoms with Gasteiger partial charge in [-0.05, 0) is 57.2 Å². The molecular formula is C18H27ClN2O. The predicted molar refractivity (Wildman–Crippen MR) is 92.3 cm³/mol. The largest absolute Gasteiger partial charge is 0.339 e. The molecule has 2 fully saturated rings. The molecule has 2 heterocycles. The van der Waals surface area contributed by atoms with Gasteiger partial charge in [0.05, 0.1) is 0 Å². The van der Waals surface area contributed by atoms with Crippen molar-refractivity contribution in [1.29, 1.82) is 0 Å². The van der Waals surface area contributed by atoms with Crippen LogP contribution in [0.25, 0.3) is 0 Å². The molecule has 2 aliphatic rings. The first-order valence-electron chi connectivity index (χ1n) is 8.31. The van der Waals surface area contributed by atoms with Crippen LogP contribution in [0.3, 0.4) is 0 Å². The number of amides is 1. The van der Waals surface area contributed by atoms with Crippen LogP contribution >= 0.6 is 12.4 Å². The summed E-state index contributed by atoms with van der Waals surface area (Å²) in [6.07, 6.45) is 4.25. The van der Waals surface area contributed by atoms with Crippen LogP contribution in [0, 0.1) is 11.8 Å². The third kappa shape index (κ3) is 3.82. The van der Waals surface area contributed by atoms with Crippen LogP contribution < -0.4 is 5.32 Å². The van der Waals surface area contributed by atoms with E-state index in [0.29, 0.717) is 17.9 Å². The fourth-order valence-electron chi connectivity index (χ4n) is 3.81. The number of benzene rings is 1. The molecule has 1 aromatic carbocycles. The van der Waals surface area contributed by atoms with Gasteiger partial charge in [0.1, 0.15) is 0 Å². The van der Waals surface area contributed by atoms with Gasteiger partial charge in [-0.15, -0.1) is 12.4 Å². The molecule has 0 saturated carbocycles. The number of piperidine rings is 1. The summed E-state index contributed by atoms with van der Waals surface area (Å²) in [5.74, 6) is 1.27. The molecule has 3 nitrogen and oxygen atoms in total. The third-order valence-corrected chi connectivity index (χ3v) is 5.23. The molecule has 3 rings (SSSR count). The van der Waals surface area contributed by atoms with Gasteiger partial charge in [0.15, 0.2) is 0 Å². The molecule has 0 aromatic heterocycles. The number of hydrogen-bond donors (Lipinski definition) is 1. The molecule has 0 radical (unpaired) electrons. The second-order valence-electron chi connectivity index (χ2n) is 6.53. The lowest BCUT2D eigenvalue weighted by atomic mass is 9.92. The number of carbonyl (C=O) groups is 1. The second kappa shape index (κ2) is 7.98. The van der Waals surface area contributed by atoms with Gasteiger partial charge in [-0.25, -0.2) is 0 Å². The lowest BCUT2D eigenvalue weighted by molar-refractivity contribution is -0.137. The van der Waals surface area contributed by atoms with Gasteiger partial charge in [0.25, 0.3) is 0 Å². The first kappa shape index (κ1) is 17.3. The molecule has 0 aliphatic carbocycles. The Morgan fingerprint density at radius 3 is 2.55 bits per heavy atom. The fraction of sp³-hybridized carbons (Fsp3) is 0.611. The topological polar surface area (TPSA) is 32.3 Å². The molecule has 122 valence electrons. The van der Waals surface area contributed by atoms with E-state index in [4.69, 9.17) is 0 Å². The number of rotatable bonds is 3. The van der Waals surface area contributed by atoms with Gasteiger partial charge < -0.3 is 10.2 Å². The summed E-state index contributed by atoms with van der Waals surface area (Å²) in [4.78, 5) is 14.9. The number of carbonyl (C=O) groups excluding carboxylic acids is 1. The Kier molecular flexibility index (Phi) is 6.27. The van der Waals surface area contributed by atoms with E-state index in [2.05, 4.69) is 47.5 Å². The number of nitrogens with one attached hydrogen (secondary N) is 1. The highest BCUT2D eigenvalue weighted by molar-refractivity contribution is 5.85. The molecule has 4 heteroatoms. The minimum atomic E-state index is 0. The summed E-state index contributed by atoms with van der Waals surface area (Å²) in [5, 5.41) is 3.34. The van der Waals surface area contributed by atoms with Gasteiger partial charge >= 0.3 is 0 Å². The van der Waals surface area contributed by atoms with E-state index in [1.54, 1.807) is 0 Å². The number of nitrogens with zero attached hydrogens (tertiary/aromatic N) is 1. The standard InChI is InChI=1S/C18H26N2O.ClH/c1-14-17(13-15-5-3-2-4-6-15)9-12-20(14)18(21)16-7-10-19-11-8-16;/h2-6,14,16-17,19H,7-13H2,1H3;1H. The monoisotopic (exact) mass is 322 g/mol. The van der Waals surface area contributed by atoms with Crippen LogP contribution in [0.15, 0.2) is 30.3 Å². The Hall–Kier alpha value is -1.06. The second-order valence-corrected chi connectivity index (χ2v) is 6.53. The smallest absolute Gasteiger partial charge is 0.226 e. The van der Waals surface area contributed by atoms with E-state index in [1.165, 1.54) is 5.56 Å². The summed E-state index contributed by atoms with van der Waals surface area (Å²) >= 11 is 0. The molecule has 1 aromatic rings. The third-order valence-electron chi connectivity index (χ3n) is 5.23. The molecule has 1 N–H and O–H groups in total. The molecule has 2 aliphatic heterocycles. The molecular weight excluding hydrogens is 296 g/mol. The quantitative estimate of drug-likeness (QED) is 0.928. The van der Waals surface area contributed by atoms with E-state index in [9.17, 15) is 4.79 Å². The number of halogens is 1. The van der Waals surface area contributed by atoms with Crippen molar-refractivity contribution in [3.05, 3.63) is 35.9 Å². The summed E-state index contributed by atoms with van der Waals surface area (Å²) in [6.45, 7) is 5.17. The van der Waals surface area contributed by atoms with E-state index in [0.717, 1.165) is 45.3 Å². The van der Waals surface area contributed by atoms with Crippen molar-refractivity contribution in [1.82, 2.24) is 10.2 Å². The minimum Gasteiger partial charge on any atom is -0.339 e. The van der Waals surface area contributed by atoms with Gasteiger partial charge in [0, 0.05) is 18.5 Å². The zero-order chi connectivity index (χ0) is 14.7. The maximum Gasteiger partial charge on any atom is 0.226 e. The Balaban J connectivity index is 0.00000176. The Morgan fingerprint density at radius 1 is 1.18 bits per heavy atom. The Bertz CT molecular complexity index is 473. The zero-order valence-corrected chi connectivity index (χ0v) is 14.1. The maximum absolute atomic E-state index is 12.7. The van der Waals surface area contributed by atoms with Crippen molar-refractivity contribution in [2.24, 2.45) is 11.8 Å². The van der Waals surface area contributed by atoms with Crippen molar-refractivity contribution >= 4 is 18.3 Å². The van der Waals surface area contributed by atoms with Crippen LogP contribution in [-0.4, -0.2) is 36.5 Å². The van der Waals surface area contributed by atoms with Crippen LogP contribution in [0.2, 0.25) is 0 Å². The lowest BCUT2D eigenvalue weighted by Gasteiger charge is -2.30. The first-order valence-corrected chi connectivity index (χ1v) is 8.31. The highest BCUT2D eigenvalue weighted by Crippen LogP contribution is 2.30. The van der Waals surface area contributed by atoms with Crippen LogP contribution in [-0.2, 0) is 11.2 Å². The van der Waals surface area contributed by atoms with Crippen molar-refractivity contribution in [2.75, 3.05) is 19.6 Å². The van der Waals surface area contributed by atoms with Crippen molar-refractivity contribution in [3.63, 3.8) is 0 Å². The Labute approximate surface area is 139 Å². The number of likely N-dealkylation sites (tertiary alicyclic amines) is 1. The van der Waals surface area contributed by atoms with E-state index in [1.807, 2.05) is 0 Å². The molecule has 22 heavy (non-hydrogen) atoms. The van der Waals surface area contributed by atoms with Gasteiger partial charge in [-0.3, -0.25) is 4.79 Å². The average molecular weight is 323 g/mol. The zero-order valence-electron chi connectivity index (χ0n) is 13.3. The van der Waals surface area contributed by atoms with Gasteiger partial charge in [-0.1, -0.05) is 30.3 Å². The molecule has 2 unspecified atom stereocenters. The van der Waals surface area contributed by atoms with E-state index < -0.39 is 0 Å². The summed E-state index contributed by atoms with van der Waals surface area (Å²) in [7, 11) is 0. The normalized spacial score (nSPS) is 25.8. The predicted octanol–water partition coefficient (Wildman–Crippen LogP) is 2.89. The molecule has 0 spiro atoms. The summed E-state index contributed by atoms with van der Waals surface area (Å²) < 4.78 is 0. The fourth-order valence-corrected chi connectivity index (χ4v) is 3.81. The van der Waals surface area contributed by atoms with Gasteiger partial charge in [-0.2, -0.15) is 0 Å². The van der Waals surface area contributed by atoms with E-state index in [-0.39, 0.29) is 18.3 Å². The van der Waals surface area contributed by atoms with Crippen LogP contribution in [0.5, 0.6) is 0 Å². The van der Waals surface area contributed by atoms with Crippen molar-refractivity contribution < 1.29 is 4.79 Å². The first-order chi connectivity index (χ1) is 10.3. The minimum absolute atomic E-state index is 0. The summed E-state index contributed by atoms with van der Waals surface area (Å²) in [5.41, 5.74) is 1.39. The van der Waals surface area contributed by atoms with E-state index >= 15 is 0 Å². The molecule has 1 amide bonds. The highest BCUT2D eigenvalue weighted by atomic mass is 35.5. The molecule has 2 saturated heterocycles. The summed E-state index contributed by atoms with van der Waals surface area (Å²) in [6, 6.07) is 11.1. The van der Waals surface area contributed by atoms with Crippen molar-refractivity contribution in [2.45, 2.75) is 38.6 Å². The van der Waals surface area contributed by atoms with Gasteiger partial charge in [0.2, 0.25) is 5.91 Å². The Morgan fingerprint density at radius 2 is 1.86 bits per heavy atom. The molecule has 2 atom stereocenters. The molecule has 0 bridgehead atoms. The van der Waals surface area contributed by atoms with Crippen LogP contribution in [0.1, 0.15) is 31.7 Å². The van der Waals surface area contributed by atoms with Crippen molar-refractivity contribution in [3.8, 4) is 0 Å². The maximum atomic E-state index is 12.7.